The number of benzene rings is 1. The molecule has 5 heteroatoms. The van der Waals surface area contributed by atoms with Gasteiger partial charge >= 0.3 is 0 Å². The first-order valence-electron chi connectivity index (χ1n) is 6.54. The lowest BCUT2D eigenvalue weighted by Gasteiger charge is -2.34. The second-order valence-electron chi connectivity index (χ2n) is 4.48. The molecule has 0 bridgehead atoms. The van der Waals surface area contributed by atoms with E-state index in [0.29, 0.717) is 6.54 Å². The number of para-hydroxylation sites is 1. The topological polar surface area (TPSA) is 57.0 Å². The number of hydrogen-bond acceptors (Lipinski definition) is 5. The lowest BCUT2D eigenvalue weighted by Crippen LogP contribution is -2.41. The van der Waals surface area contributed by atoms with Crippen molar-refractivity contribution in [3.05, 3.63) is 23.8 Å². The highest BCUT2D eigenvalue weighted by Gasteiger charge is 2.25. The van der Waals surface area contributed by atoms with Crippen LogP contribution in [0.15, 0.2) is 18.2 Å². The van der Waals surface area contributed by atoms with Gasteiger partial charge in [0.05, 0.1) is 33.5 Å². The Bertz CT molecular complexity index is 406. The van der Waals surface area contributed by atoms with Gasteiger partial charge in [0.1, 0.15) is 0 Å². The van der Waals surface area contributed by atoms with E-state index in [0.717, 1.165) is 43.4 Å². The molecule has 1 aliphatic rings. The standard InChI is InChI=1S/C14H22N2O3/c1-17-13-5-3-4-11(14(13)18-2)12(10-15)16-6-8-19-9-7-16/h3-5,12H,6-10,15H2,1-2H3. The predicted molar refractivity (Wildman–Crippen MR) is 73.7 cm³/mol. The van der Waals surface area contributed by atoms with Gasteiger partial charge in [0.2, 0.25) is 0 Å². The van der Waals surface area contributed by atoms with Crippen LogP contribution in [0.2, 0.25) is 0 Å². The summed E-state index contributed by atoms with van der Waals surface area (Å²) >= 11 is 0. The molecule has 1 atom stereocenters. The van der Waals surface area contributed by atoms with Crippen LogP contribution >= 0.6 is 0 Å². The van der Waals surface area contributed by atoms with Crippen molar-refractivity contribution in [1.82, 2.24) is 4.90 Å². The maximum Gasteiger partial charge on any atom is 0.165 e. The molecule has 0 saturated carbocycles. The summed E-state index contributed by atoms with van der Waals surface area (Å²) in [5.74, 6) is 1.51. The van der Waals surface area contributed by atoms with Gasteiger partial charge in [-0.15, -0.1) is 0 Å². The summed E-state index contributed by atoms with van der Waals surface area (Å²) in [4.78, 5) is 2.33. The summed E-state index contributed by atoms with van der Waals surface area (Å²) in [5.41, 5.74) is 7.05. The summed E-state index contributed by atoms with van der Waals surface area (Å²) in [6.45, 7) is 3.83. The molecule has 2 rings (SSSR count). The SMILES string of the molecule is COc1cccc(C(CN)N2CCOCC2)c1OC. The van der Waals surface area contributed by atoms with E-state index in [1.54, 1.807) is 14.2 Å². The number of nitrogens with zero attached hydrogens (tertiary/aromatic N) is 1. The molecule has 1 unspecified atom stereocenters. The van der Waals surface area contributed by atoms with Gasteiger partial charge in [-0.1, -0.05) is 12.1 Å². The van der Waals surface area contributed by atoms with E-state index >= 15 is 0 Å². The van der Waals surface area contributed by atoms with Crippen LogP contribution < -0.4 is 15.2 Å². The molecule has 19 heavy (non-hydrogen) atoms. The minimum Gasteiger partial charge on any atom is -0.493 e. The van der Waals surface area contributed by atoms with Gasteiger partial charge in [-0.25, -0.2) is 0 Å². The molecule has 0 spiro atoms. The average molecular weight is 266 g/mol. The maximum atomic E-state index is 5.97. The molecule has 0 amide bonds. The Kier molecular flexibility index (Phi) is 5.01. The Balaban J connectivity index is 2.31. The Labute approximate surface area is 114 Å². The number of rotatable bonds is 5. The highest BCUT2D eigenvalue weighted by atomic mass is 16.5. The zero-order valence-electron chi connectivity index (χ0n) is 11.6. The van der Waals surface area contributed by atoms with E-state index in [2.05, 4.69) is 4.90 Å². The fourth-order valence-electron chi connectivity index (χ4n) is 2.54. The molecule has 1 saturated heterocycles. The van der Waals surface area contributed by atoms with Gasteiger partial charge in [0.25, 0.3) is 0 Å². The Morgan fingerprint density at radius 1 is 1.26 bits per heavy atom. The second kappa shape index (κ2) is 6.75. The second-order valence-corrected chi connectivity index (χ2v) is 4.48. The van der Waals surface area contributed by atoms with Gasteiger partial charge in [0, 0.05) is 25.2 Å². The molecule has 0 aliphatic carbocycles. The third kappa shape index (κ3) is 3.00. The number of ether oxygens (including phenoxy) is 3. The van der Waals surface area contributed by atoms with E-state index in [1.807, 2.05) is 18.2 Å². The molecule has 1 aromatic rings. The van der Waals surface area contributed by atoms with Crippen molar-refractivity contribution in [1.29, 1.82) is 0 Å². The Morgan fingerprint density at radius 3 is 2.58 bits per heavy atom. The summed E-state index contributed by atoms with van der Waals surface area (Å²) in [6, 6.07) is 6.05. The van der Waals surface area contributed by atoms with E-state index in [4.69, 9.17) is 19.9 Å². The first-order valence-corrected chi connectivity index (χ1v) is 6.54. The molecule has 106 valence electrons. The lowest BCUT2D eigenvalue weighted by molar-refractivity contribution is 0.0174. The molecule has 2 N–H and O–H groups in total. The summed E-state index contributed by atoms with van der Waals surface area (Å²) in [5, 5.41) is 0. The van der Waals surface area contributed by atoms with Crippen LogP contribution in [0.1, 0.15) is 11.6 Å². The largest absolute Gasteiger partial charge is 0.493 e. The number of morpholine rings is 1. The quantitative estimate of drug-likeness (QED) is 0.863. The molecule has 1 heterocycles. The zero-order chi connectivity index (χ0) is 13.7. The first-order chi connectivity index (χ1) is 9.31. The van der Waals surface area contributed by atoms with Crippen LogP contribution in [-0.4, -0.2) is 52.0 Å². The van der Waals surface area contributed by atoms with Crippen molar-refractivity contribution in [2.75, 3.05) is 47.1 Å². The van der Waals surface area contributed by atoms with Crippen molar-refractivity contribution in [3.8, 4) is 11.5 Å². The van der Waals surface area contributed by atoms with Crippen LogP contribution in [0.3, 0.4) is 0 Å². The lowest BCUT2D eigenvalue weighted by atomic mass is 10.0. The van der Waals surface area contributed by atoms with Crippen LogP contribution in [0.5, 0.6) is 11.5 Å². The Morgan fingerprint density at radius 2 is 2.00 bits per heavy atom. The predicted octanol–water partition coefficient (Wildman–Crippen LogP) is 1.04. The summed E-state index contributed by atoms with van der Waals surface area (Å²) in [6.07, 6.45) is 0. The molecule has 0 radical (unpaired) electrons. The molecule has 0 aromatic heterocycles. The van der Waals surface area contributed by atoms with Gasteiger partial charge in [-0.3, -0.25) is 4.90 Å². The van der Waals surface area contributed by atoms with Crippen LogP contribution in [-0.2, 0) is 4.74 Å². The number of methoxy groups -OCH3 is 2. The van der Waals surface area contributed by atoms with E-state index in [1.165, 1.54) is 0 Å². The van der Waals surface area contributed by atoms with Crippen molar-refractivity contribution in [3.63, 3.8) is 0 Å². The summed E-state index contributed by atoms with van der Waals surface area (Å²) < 4.78 is 16.2. The highest BCUT2D eigenvalue weighted by Crippen LogP contribution is 2.36. The van der Waals surface area contributed by atoms with Gasteiger partial charge in [-0.05, 0) is 6.07 Å². The molecule has 1 aliphatic heterocycles. The van der Waals surface area contributed by atoms with Gasteiger partial charge < -0.3 is 19.9 Å². The van der Waals surface area contributed by atoms with Crippen LogP contribution in [0, 0.1) is 0 Å². The number of hydrogen-bond donors (Lipinski definition) is 1. The van der Waals surface area contributed by atoms with Crippen molar-refractivity contribution < 1.29 is 14.2 Å². The maximum absolute atomic E-state index is 5.97. The van der Waals surface area contributed by atoms with Gasteiger partial charge in [-0.2, -0.15) is 0 Å². The van der Waals surface area contributed by atoms with Crippen molar-refractivity contribution >= 4 is 0 Å². The zero-order valence-corrected chi connectivity index (χ0v) is 11.6. The van der Waals surface area contributed by atoms with Crippen molar-refractivity contribution in [2.45, 2.75) is 6.04 Å². The van der Waals surface area contributed by atoms with E-state index in [-0.39, 0.29) is 6.04 Å². The fraction of sp³-hybridized carbons (Fsp3) is 0.571. The van der Waals surface area contributed by atoms with E-state index < -0.39 is 0 Å². The third-order valence-electron chi connectivity index (χ3n) is 3.50. The monoisotopic (exact) mass is 266 g/mol. The van der Waals surface area contributed by atoms with E-state index in [9.17, 15) is 0 Å². The molecular weight excluding hydrogens is 244 g/mol. The summed E-state index contributed by atoms with van der Waals surface area (Å²) in [7, 11) is 3.31. The van der Waals surface area contributed by atoms with Crippen LogP contribution in [0.25, 0.3) is 0 Å². The smallest absolute Gasteiger partial charge is 0.165 e. The van der Waals surface area contributed by atoms with Crippen molar-refractivity contribution in [2.24, 2.45) is 5.73 Å². The van der Waals surface area contributed by atoms with Gasteiger partial charge in [0.15, 0.2) is 11.5 Å². The minimum atomic E-state index is 0.133. The highest BCUT2D eigenvalue weighted by molar-refractivity contribution is 5.48. The first kappa shape index (κ1) is 14.1. The minimum absolute atomic E-state index is 0.133. The normalized spacial score (nSPS) is 18.1. The third-order valence-corrected chi connectivity index (χ3v) is 3.50. The van der Waals surface area contributed by atoms with Crippen LogP contribution in [0.4, 0.5) is 0 Å². The molecule has 1 fully saturated rings. The average Bonchev–Trinajstić information content (AvgIpc) is 2.48. The Hall–Kier alpha value is -1.30. The molecular formula is C14H22N2O3. The molecule has 1 aromatic carbocycles. The molecule has 5 nitrogen and oxygen atoms in total. The fourth-order valence-corrected chi connectivity index (χ4v) is 2.54. The number of nitrogens with two attached hydrogens (primary N) is 1.